The topological polar surface area (TPSA) is 32.8 Å². The van der Waals surface area contributed by atoms with Gasteiger partial charge in [-0.15, -0.1) is 12.3 Å². The minimum absolute atomic E-state index is 0.143. The van der Waals surface area contributed by atoms with Crippen LogP contribution in [0.5, 0.6) is 0 Å². The van der Waals surface area contributed by atoms with Gasteiger partial charge in [0.15, 0.2) is 0 Å². The second-order valence-electron chi connectivity index (χ2n) is 8.04. The highest BCUT2D eigenvalue weighted by Gasteiger charge is 2.48. The largest absolute Gasteiger partial charge is 0.444 e. The second-order valence-corrected chi connectivity index (χ2v) is 8.04. The minimum Gasteiger partial charge on any atom is -0.444 e. The zero-order chi connectivity index (χ0) is 15.9. The Labute approximate surface area is 134 Å². The lowest BCUT2D eigenvalue weighted by atomic mass is 9.85. The highest BCUT2D eigenvalue weighted by Crippen LogP contribution is 2.37. The molecule has 22 heavy (non-hydrogen) atoms. The Morgan fingerprint density at radius 2 is 1.77 bits per heavy atom. The molecular weight excluding hydrogens is 276 g/mol. The number of piperazine rings is 1. The molecule has 3 aliphatic rings. The summed E-state index contributed by atoms with van der Waals surface area (Å²) in [6, 6.07) is 1.52. The molecule has 4 heteroatoms. The van der Waals surface area contributed by atoms with E-state index in [1.807, 2.05) is 25.7 Å². The van der Waals surface area contributed by atoms with Crippen LogP contribution < -0.4 is 0 Å². The number of ether oxygens (including phenoxy) is 1. The Hall–Kier alpha value is -1.21. The zero-order valence-electron chi connectivity index (χ0n) is 14.0. The Bertz CT molecular complexity index is 468. The fourth-order valence-corrected chi connectivity index (χ4v) is 4.26. The highest BCUT2D eigenvalue weighted by molar-refractivity contribution is 5.69. The van der Waals surface area contributed by atoms with Crippen LogP contribution in [0.25, 0.3) is 0 Å². The van der Waals surface area contributed by atoms with Gasteiger partial charge >= 0.3 is 6.09 Å². The van der Waals surface area contributed by atoms with Crippen LogP contribution in [0.15, 0.2) is 0 Å². The lowest BCUT2D eigenvalue weighted by molar-refractivity contribution is 0.00644. The lowest BCUT2D eigenvalue weighted by Gasteiger charge is -2.41. The van der Waals surface area contributed by atoms with Gasteiger partial charge in [0.1, 0.15) is 5.60 Å². The first-order valence-electron chi connectivity index (χ1n) is 8.59. The van der Waals surface area contributed by atoms with Gasteiger partial charge in [0.25, 0.3) is 0 Å². The van der Waals surface area contributed by atoms with Crippen LogP contribution in [0.2, 0.25) is 0 Å². The van der Waals surface area contributed by atoms with Gasteiger partial charge in [-0.1, -0.05) is 0 Å². The molecule has 1 amide bonds. The summed E-state index contributed by atoms with van der Waals surface area (Å²) in [5.74, 6) is 3.39. The molecule has 2 saturated heterocycles. The van der Waals surface area contributed by atoms with Crippen molar-refractivity contribution in [2.75, 3.05) is 13.1 Å². The molecule has 0 N–H and O–H groups in total. The fraction of sp³-hybridized carbons (Fsp3) is 0.833. The van der Waals surface area contributed by atoms with Gasteiger partial charge in [-0.25, -0.2) is 4.79 Å². The number of amides is 1. The molecule has 4 nitrogen and oxygen atoms in total. The summed E-state index contributed by atoms with van der Waals surface area (Å²) in [6.45, 7) is 7.62. The van der Waals surface area contributed by atoms with Crippen LogP contribution in [-0.2, 0) is 4.74 Å². The molecule has 0 aromatic heterocycles. The molecule has 1 aliphatic carbocycles. The van der Waals surface area contributed by atoms with Crippen molar-refractivity contribution in [3.8, 4) is 12.3 Å². The first kappa shape index (κ1) is 15.7. The van der Waals surface area contributed by atoms with Crippen LogP contribution in [0.3, 0.4) is 0 Å². The average Bonchev–Trinajstić information content (AvgIpc) is 3.05. The van der Waals surface area contributed by atoms with E-state index >= 15 is 0 Å². The predicted octanol–water partition coefficient (Wildman–Crippen LogP) is 2.87. The number of hydrogen-bond acceptors (Lipinski definition) is 3. The smallest absolute Gasteiger partial charge is 0.410 e. The summed E-state index contributed by atoms with van der Waals surface area (Å²) >= 11 is 0. The number of rotatable bonds is 1. The molecule has 0 aromatic rings. The molecule has 1 saturated carbocycles. The van der Waals surface area contributed by atoms with Gasteiger partial charge in [-0.3, -0.25) is 4.90 Å². The van der Waals surface area contributed by atoms with Crippen molar-refractivity contribution in [1.29, 1.82) is 0 Å². The Kier molecular flexibility index (Phi) is 4.11. The molecule has 2 aliphatic heterocycles. The maximum absolute atomic E-state index is 12.3. The van der Waals surface area contributed by atoms with Crippen molar-refractivity contribution in [3.63, 3.8) is 0 Å². The summed E-state index contributed by atoms with van der Waals surface area (Å²) in [6.07, 6.45) is 11.2. The van der Waals surface area contributed by atoms with Crippen molar-refractivity contribution < 1.29 is 9.53 Å². The van der Waals surface area contributed by atoms with E-state index in [-0.39, 0.29) is 6.09 Å². The molecule has 3 fully saturated rings. The standard InChI is InChI=1S/C18H28N2O2/c1-5-13-6-8-14(9-7-13)19-11-16-10-15(19)12-20(16)17(21)22-18(2,3)4/h1,13-16H,6-12H2,2-4H3. The van der Waals surface area contributed by atoms with Crippen molar-refractivity contribution >= 4 is 6.09 Å². The molecule has 122 valence electrons. The molecule has 2 unspecified atom stereocenters. The maximum atomic E-state index is 12.3. The summed E-state index contributed by atoms with van der Waals surface area (Å²) in [5, 5.41) is 0. The highest BCUT2D eigenvalue weighted by atomic mass is 16.6. The molecule has 3 rings (SSSR count). The normalized spacial score (nSPS) is 35.5. The van der Waals surface area contributed by atoms with Crippen LogP contribution in [0, 0.1) is 18.3 Å². The number of nitrogens with zero attached hydrogens (tertiary/aromatic N) is 2. The van der Waals surface area contributed by atoms with Gasteiger partial charge < -0.3 is 9.64 Å². The zero-order valence-corrected chi connectivity index (χ0v) is 14.0. The maximum Gasteiger partial charge on any atom is 0.410 e. The summed E-state index contributed by atoms with van der Waals surface area (Å²) < 4.78 is 5.53. The number of hydrogen-bond donors (Lipinski definition) is 0. The molecule has 2 heterocycles. The van der Waals surface area contributed by atoms with Gasteiger partial charge in [-0.2, -0.15) is 0 Å². The first-order chi connectivity index (χ1) is 10.4. The second kappa shape index (κ2) is 5.77. The SMILES string of the molecule is C#CC1CCC(N2CC3CC2CN3C(=O)OC(C)(C)C)CC1. The molecule has 0 aromatic carbocycles. The van der Waals surface area contributed by atoms with Crippen LogP contribution in [0.1, 0.15) is 52.9 Å². The van der Waals surface area contributed by atoms with Gasteiger partial charge in [0.05, 0.1) is 0 Å². The van der Waals surface area contributed by atoms with E-state index in [0.717, 1.165) is 32.4 Å². The van der Waals surface area contributed by atoms with Crippen LogP contribution in [0.4, 0.5) is 4.79 Å². The van der Waals surface area contributed by atoms with E-state index in [9.17, 15) is 4.79 Å². The quantitative estimate of drug-likeness (QED) is 0.698. The van der Waals surface area contributed by atoms with Crippen molar-refractivity contribution in [2.24, 2.45) is 5.92 Å². The third kappa shape index (κ3) is 3.10. The van der Waals surface area contributed by atoms with E-state index in [1.165, 1.54) is 12.8 Å². The average molecular weight is 304 g/mol. The number of carbonyl (C=O) groups is 1. The van der Waals surface area contributed by atoms with Gasteiger partial charge in [-0.05, 0) is 52.9 Å². The number of likely N-dealkylation sites (tertiary alicyclic amines) is 2. The predicted molar refractivity (Wildman–Crippen MR) is 86.4 cm³/mol. The molecule has 2 bridgehead atoms. The van der Waals surface area contributed by atoms with Crippen LogP contribution in [-0.4, -0.2) is 52.7 Å². The van der Waals surface area contributed by atoms with Gasteiger partial charge in [0.2, 0.25) is 0 Å². The summed E-state index contributed by atoms with van der Waals surface area (Å²) in [4.78, 5) is 16.9. The van der Waals surface area contributed by atoms with Gasteiger partial charge in [0, 0.05) is 37.1 Å². The molecule has 0 spiro atoms. The van der Waals surface area contributed by atoms with Crippen molar-refractivity contribution in [1.82, 2.24) is 9.80 Å². The van der Waals surface area contributed by atoms with Crippen LogP contribution >= 0.6 is 0 Å². The molecular formula is C18H28N2O2. The fourth-order valence-electron chi connectivity index (χ4n) is 4.26. The first-order valence-corrected chi connectivity index (χ1v) is 8.59. The summed E-state index contributed by atoms with van der Waals surface area (Å²) in [5.41, 5.74) is -0.411. The number of fused-ring (bicyclic) bond motifs is 2. The van der Waals surface area contributed by atoms with E-state index < -0.39 is 5.60 Å². The third-order valence-corrected chi connectivity index (χ3v) is 5.31. The van der Waals surface area contributed by atoms with Crippen molar-refractivity contribution in [3.05, 3.63) is 0 Å². The number of carbonyl (C=O) groups excluding carboxylic acids is 1. The minimum atomic E-state index is -0.411. The van der Waals surface area contributed by atoms with Crippen molar-refractivity contribution in [2.45, 2.75) is 76.6 Å². The molecule has 2 atom stereocenters. The Morgan fingerprint density at radius 3 is 2.27 bits per heavy atom. The van der Waals surface area contributed by atoms with E-state index in [4.69, 9.17) is 11.2 Å². The van der Waals surface area contributed by atoms with E-state index in [0.29, 0.717) is 24.0 Å². The Balaban J connectivity index is 1.54. The monoisotopic (exact) mass is 304 g/mol. The lowest BCUT2D eigenvalue weighted by Crippen LogP contribution is -2.53. The summed E-state index contributed by atoms with van der Waals surface area (Å²) in [7, 11) is 0. The Morgan fingerprint density at radius 1 is 1.09 bits per heavy atom. The number of terminal acetylenes is 1. The third-order valence-electron chi connectivity index (χ3n) is 5.31. The van der Waals surface area contributed by atoms with E-state index in [2.05, 4.69) is 10.8 Å². The van der Waals surface area contributed by atoms with E-state index in [1.54, 1.807) is 0 Å². The molecule has 0 radical (unpaired) electrons.